The number of carbonyl (C=O) groups is 3. The molecule has 4 aromatic heterocycles. The Morgan fingerprint density at radius 2 is 1.32 bits per heavy atom. The van der Waals surface area contributed by atoms with Crippen molar-refractivity contribution < 1.29 is 28.5 Å². The van der Waals surface area contributed by atoms with E-state index in [1.807, 2.05) is 35.0 Å². The zero-order valence-electron chi connectivity index (χ0n) is 20.8. The molecule has 0 radical (unpaired) electrons. The van der Waals surface area contributed by atoms with Gasteiger partial charge in [-0.25, -0.2) is 0 Å². The molecule has 10 nitrogen and oxygen atoms in total. The molecule has 0 bridgehead atoms. The summed E-state index contributed by atoms with van der Waals surface area (Å²) in [6.07, 6.45) is 5.48. The van der Waals surface area contributed by atoms with Crippen LogP contribution in [0.15, 0.2) is 56.2 Å². The van der Waals surface area contributed by atoms with Gasteiger partial charge in [0, 0.05) is 38.2 Å². The van der Waals surface area contributed by atoms with E-state index in [2.05, 4.69) is 20.9 Å². The maximum atomic E-state index is 11.8. The van der Waals surface area contributed by atoms with Crippen LogP contribution in [0.3, 0.4) is 0 Å². The summed E-state index contributed by atoms with van der Waals surface area (Å²) in [5.74, 6) is 0.731. The smallest absolute Gasteiger partial charge is 0.273 e. The normalized spacial score (nSPS) is 9.93. The largest absolute Gasteiger partial charge is 0.396 e. The van der Waals surface area contributed by atoms with Crippen molar-refractivity contribution in [3.63, 3.8) is 0 Å². The lowest BCUT2D eigenvalue weighted by Gasteiger charge is -2.01. The maximum Gasteiger partial charge on any atom is 0.273 e. The quantitative estimate of drug-likeness (QED) is 0.114. The van der Waals surface area contributed by atoms with Gasteiger partial charge in [0.15, 0.2) is 22.9 Å². The van der Waals surface area contributed by atoms with Gasteiger partial charge in [-0.1, -0.05) is 38.3 Å². The summed E-state index contributed by atoms with van der Waals surface area (Å²) < 4.78 is 10.3. The standard InChI is InChI=1S/C13H16N2O3S.C13H14N2O3S.CH4.BH4/c2*16-7-3-1-2-6-14-13(17)10-9-11(18-15-10)12-5-4-8-19-12;;/h4-5,8-9,16H,1-3,6-7H2,(H,14,17);4-5,7-9H,1-3,6H2,(H,14,17);2*1H4/q;;;-1. The van der Waals surface area contributed by atoms with E-state index in [9.17, 15) is 14.4 Å². The zero-order chi connectivity index (χ0) is 27.0. The molecular formula is C27H38BN4O6S2-. The highest BCUT2D eigenvalue weighted by atomic mass is 32.1. The number of unbranched alkanes of at least 4 members (excludes halogenated alkanes) is 4. The zero-order valence-corrected chi connectivity index (χ0v) is 22.4. The molecule has 0 saturated carbocycles. The Kier molecular flexibility index (Phi) is 16.8. The molecule has 13 heteroatoms. The van der Waals surface area contributed by atoms with Crippen molar-refractivity contribution >= 4 is 49.2 Å². The Labute approximate surface area is 243 Å². The van der Waals surface area contributed by atoms with Gasteiger partial charge in [0.05, 0.1) is 9.75 Å². The molecule has 0 aromatic carbocycles. The number of hydrogen-bond acceptors (Lipinski definition) is 10. The van der Waals surface area contributed by atoms with Crippen LogP contribution in [0.1, 0.15) is 66.9 Å². The molecule has 0 aliphatic rings. The van der Waals surface area contributed by atoms with Crippen molar-refractivity contribution in [1.29, 1.82) is 0 Å². The number of nitrogens with one attached hydrogen (secondary N) is 2. The van der Waals surface area contributed by atoms with E-state index in [0.717, 1.165) is 48.1 Å². The Hall–Kier alpha value is -3.55. The van der Waals surface area contributed by atoms with E-state index in [-0.39, 0.29) is 40.0 Å². The number of carbonyl (C=O) groups excluding carboxylic acids is 3. The topological polar surface area (TPSA) is 148 Å². The van der Waals surface area contributed by atoms with Crippen molar-refractivity contribution in [1.82, 2.24) is 20.9 Å². The second kappa shape index (κ2) is 19.5. The van der Waals surface area contributed by atoms with Crippen LogP contribution in [-0.4, -0.2) is 61.6 Å². The first-order valence-corrected chi connectivity index (χ1v) is 14.0. The molecule has 0 aliphatic carbocycles. The van der Waals surface area contributed by atoms with Gasteiger partial charge in [0.1, 0.15) is 6.29 Å². The second-order valence-electron chi connectivity index (χ2n) is 8.07. The lowest BCUT2D eigenvalue weighted by atomic mass is 10.2. The van der Waals surface area contributed by atoms with Crippen LogP contribution in [0.5, 0.6) is 0 Å². The van der Waals surface area contributed by atoms with Crippen LogP contribution < -0.4 is 10.6 Å². The molecule has 3 N–H and O–H groups in total. The summed E-state index contributed by atoms with van der Waals surface area (Å²) in [6, 6.07) is 10.9. The fourth-order valence-electron chi connectivity index (χ4n) is 3.19. The molecule has 4 aromatic rings. The maximum absolute atomic E-state index is 11.8. The number of aromatic nitrogens is 2. The molecule has 0 fully saturated rings. The molecule has 0 unspecified atom stereocenters. The van der Waals surface area contributed by atoms with Gasteiger partial charge in [0.25, 0.3) is 11.8 Å². The van der Waals surface area contributed by atoms with Gasteiger partial charge in [-0.2, -0.15) is 0 Å². The predicted molar refractivity (Wildman–Crippen MR) is 163 cm³/mol. The predicted octanol–water partition coefficient (Wildman–Crippen LogP) is 3.98. The van der Waals surface area contributed by atoms with Crippen LogP contribution >= 0.6 is 22.7 Å². The summed E-state index contributed by atoms with van der Waals surface area (Å²) in [6.45, 7) is 1.31. The number of thiophene rings is 2. The fraction of sp³-hybridized carbons (Fsp3) is 0.370. The van der Waals surface area contributed by atoms with Crippen LogP contribution in [0.2, 0.25) is 0 Å². The molecule has 0 aliphatic heterocycles. The third kappa shape index (κ3) is 11.3. The highest BCUT2D eigenvalue weighted by Crippen LogP contribution is 2.26. The summed E-state index contributed by atoms with van der Waals surface area (Å²) >= 11 is 3.07. The minimum absolute atomic E-state index is 0. The molecule has 4 rings (SSSR count). The van der Waals surface area contributed by atoms with Crippen molar-refractivity contribution in [2.45, 2.75) is 46.0 Å². The SMILES string of the molecule is C.O=C(NCCCCCO)c1cc(-c2cccs2)on1.O=CCCCCNC(=O)c1cc(-c2cccs2)on1.[BH4-]. The van der Waals surface area contributed by atoms with Crippen LogP contribution in [0, 0.1) is 0 Å². The Morgan fingerprint density at radius 1 is 0.825 bits per heavy atom. The number of aliphatic hydroxyl groups excluding tert-OH is 1. The molecule has 0 spiro atoms. The van der Waals surface area contributed by atoms with Gasteiger partial charge < -0.3 is 29.6 Å². The monoisotopic (exact) mass is 589 g/mol. The molecule has 0 saturated heterocycles. The van der Waals surface area contributed by atoms with Gasteiger partial charge in [-0.15, -0.1) is 22.7 Å². The molecular weight excluding hydrogens is 551 g/mol. The second-order valence-corrected chi connectivity index (χ2v) is 9.96. The number of amides is 2. The van der Waals surface area contributed by atoms with Crippen molar-refractivity contribution in [3.8, 4) is 21.3 Å². The van der Waals surface area contributed by atoms with Crippen LogP contribution in [-0.2, 0) is 4.79 Å². The molecule has 218 valence electrons. The first kappa shape index (κ1) is 34.5. The summed E-state index contributed by atoms with van der Waals surface area (Å²) in [7, 11) is 0. The summed E-state index contributed by atoms with van der Waals surface area (Å²) in [5.41, 5.74) is 0.573. The highest BCUT2D eigenvalue weighted by Gasteiger charge is 2.14. The average Bonchev–Trinajstić information content (AvgIpc) is 3.75. The lowest BCUT2D eigenvalue weighted by Crippen LogP contribution is -2.24. The third-order valence-corrected chi connectivity index (χ3v) is 6.94. The Balaban J connectivity index is 0.000000381. The average molecular weight is 590 g/mol. The number of rotatable bonds is 14. The van der Waals surface area contributed by atoms with E-state index in [1.165, 1.54) is 22.7 Å². The highest BCUT2D eigenvalue weighted by molar-refractivity contribution is 7.13. The van der Waals surface area contributed by atoms with E-state index >= 15 is 0 Å². The van der Waals surface area contributed by atoms with Crippen LogP contribution in [0.25, 0.3) is 21.3 Å². The fourth-order valence-corrected chi connectivity index (χ4v) is 4.53. The van der Waals surface area contributed by atoms with Crippen molar-refractivity contribution in [2.24, 2.45) is 0 Å². The molecule has 40 heavy (non-hydrogen) atoms. The Morgan fingerprint density at radius 3 is 1.75 bits per heavy atom. The van der Waals surface area contributed by atoms with Gasteiger partial charge in [0.2, 0.25) is 0 Å². The summed E-state index contributed by atoms with van der Waals surface area (Å²) in [5, 5.41) is 25.6. The number of aliphatic hydroxyl groups is 1. The van der Waals surface area contributed by atoms with Gasteiger partial charge in [-0.3, -0.25) is 9.59 Å². The first-order valence-electron chi connectivity index (χ1n) is 12.2. The van der Waals surface area contributed by atoms with Gasteiger partial charge in [-0.05, 0) is 55.0 Å². The minimum Gasteiger partial charge on any atom is -0.396 e. The lowest BCUT2D eigenvalue weighted by molar-refractivity contribution is -0.107. The number of hydrogen-bond donors (Lipinski definition) is 3. The van der Waals surface area contributed by atoms with Crippen molar-refractivity contribution in [3.05, 3.63) is 58.5 Å². The Bertz CT molecular complexity index is 1240. The molecule has 0 atom stereocenters. The van der Waals surface area contributed by atoms with Crippen LogP contribution in [0.4, 0.5) is 0 Å². The molecule has 4 heterocycles. The van der Waals surface area contributed by atoms with E-state index < -0.39 is 0 Å². The number of nitrogens with zero attached hydrogens (tertiary/aromatic N) is 2. The molecule has 2 amide bonds. The van der Waals surface area contributed by atoms with E-state index in [4.69, 9.17) is 14.2 Å². The minimum atomic E-state index is -0.252. The van der Waals surface area contributed by atoms with Gasteiger partial charge >= 0.3 is 0 Å². The van der Waals surface area contributed by atoms with E-state index in [1.54, 1.807) is 12.1 Å². The van der Waals surface area contributed by atoms with Crippen molar-refractivity contribution in [2.75, 3.05) is 19.7 Å². The third-order valence-electron chi connectivity index (χ3n) is 5.17. The summed E-state index contributed by atoms with van der Waals surface area (Å²) in [4.78, 5) is 35.6. The first-order chi connectivity index (χ1) is 18.6. The van der Waals surface area contributed by atoms with E-state index in [0.29, 0.717) is 36.7 Å². The number of aldehydes is 1.